The molecule has 6 heteroatoms. The standard InChI is InChI=1S/C7H10INO4/c1-3-13-7(11)5(9-12-2)4-6(8)10/h3-4H2,1-2H3/b9-5-. The van der Waals surface area contributed by atoms with Gasteiger partial charge in [-0.05, 0) is 29.5 Å². The smallest absolute Gasteiger partial charge is 0.356 e. The molecule has 0 unspecified atom stereocenters. The summed E-state index contributed by atoms with van der Waals surface area (Å²) in [6.45, 7) is 1.92. The zero-order chi connectivity index (χ0) is 10.3. The summed E-state index contributed by atoms with van der Waals surface area (Å²) >= 11 is 1.58. The molecule has 0 spiro atoms. The molecule has 0 aromatic rings. The van der Waals surface area contributed by atoms with Crippen molar-refractivity contribution in [3.8, 4) is 0 Å². The van der Waals surface area contributed by atoms with Crippen LogP contribution in [0.5, 0.6) is 0 Å². The number of ether oxygens (including phenoxy) is 1. The molecule has 0 aliphatic heterocycles. The zero-order valence-electron chi connectivity index (χ0n) is 7.37. The van der Waals surface area contributed by atoms with Gasteiger partial charge in [0.15, 0.2) is 9.50 Å². The highest BCUT2D eigenvalue weighted by Gasteiger charge is 2.16. The summed E-state index contributed by atoms with van der Waals surface area (Å²) in [5.41, 5.74) is -0.0104. The molecule has 0 rings (SSSR count). The molecule has 0 radical (unpaired) electrons. The van der Waals surface area contributed by atoms with Crippen molar-refractivity contribution in [3.63, 3.8) is 0 Å². The Kier molecular flexibility index (Phi) is 6.47. The quantitative estimate of drug-likeness (QED) is 0.249. The number of esters is 1. The molecule has 0 N–H and O–H groups in total. The van der Waals surface area contributed by atoms with Crippen LogP contribution in [-0.2, 0) is 19.2 Å². The van der Waals surface area contributed by atoms with E-state index in [4.69, 9.17) is 0 Å². The van der Waals surface area contributed by atoms with Crippen molar-refractivity contribution in [1.82, 2.24) is 0 Å². The fourth-order valence-corrected chi connectivity index (χ4v) is 0.959. The van der Waals surface area contributed by atoms with Crippen molar-refractivity contribution in [1.29, 1.82) is 0 Å². The van der Waals surface area contributed by atoms with E-state index in [9.17, 15) is 9.59 Å². The summed E-state index contributed by atoms with van der Waals surface area (Å²) in [7, 11) is 1.30. The number of carbonyl (C=O) groups excluding carboxylic acids is 2. The summed E-state index contributed by atoms with van der Waals surface area (Å²) in [6.07, 6.45) is -0.0762. The fraction of sp³-hybridized carbons (Fsp3) is 0.571. The molecule has 0 saturated heterocycles. The van der Waals surface area contributed by atoms with Crippen LogP contribution in [-0.4, -0.2) is 29.2 Å². The van der Waals surface area contributed by atoms with Gasteiger partial charge in [-0.2, -0.15) is 0 Å². The molecule has 0 amide bonds. The Labute approximate surface area is 89.6 Å². The third-order valence-corrected chi connectivity index (χ3v) is 1.40. The van der Waals surface area contributed by atoms with Gasteiger partial charge in [-0.25, -0.2) is 4.79 Å². The first kappa shape index (κ1) is 12.3. The van der Waals surface area contributed by atoms with Crippen LogP contribution in [0, 0.1) is 0 Å². The van der Waals surface area contributed by atoms with Crippen LogP contribution in [0.3, 0.4) is 0 Å². The second-order valence-electron chi connectivity index (χ2n) is 1.97. The van der Waals surface area contributed by atoms with Gasteiger partial charge in [0.1, 0.15) is 7.11 Å². The molecule has 0 heterocycles. The van der Waals surface area contributed by atoms with Crippen LogP contribution in [0.25, 0.3) is 0 Å². The molecular weight excluding hydrogens is 289 g/mol. The number of rotatable bonds is 5. The minimum Gasteiger partial charge on any atom is -0.461 e. The van der Waals surface area contributed by atoms with Crippen molar-refractivity contribution in [2.45, 2.75) is 13.3 Å². The largest absolute Gasteiger partial charge is 0.461 e. The van der Waals surface area contributed by atoms with Crippen molar-refractivity contribution in [2.24, 2.45) is 5.16 Å². The number of halogens is 1. The van der Waals surface area contributed by atoms with Gasteiger partial charge in [0, 0.05) is 0 Å². The van der Waals surface area contributed by atoms with Gasteiger partial charge < -0.3 is 9.57 Å². The minimum absolute atomic E-state index is 0.0104. The van der Waals surface area contributed by atoms with E-state index in [1.165, 1.54) is 7.11 Å². The molecule has 13 heavy (non-hydrogen) atoms. The minimum atomic E-state index is -0.616. The maximum Gasteiger partial charge on any atom is 0.356 e. The van der Waals surface area contributed by atoms with Gasteiger partial charge >= 0.3 is 5.97 Å². The molecule has 0 saturated carbocycles. The van der Waals surface area contributed by atoms with Gasteiger partial charge in [-0.3, -0.25) is 4.79 Å². The van der Waals surface area contributed by atoms with Crippen LogP contribution in [0.2, 0.25) is 0 Å². The van der Waals surface area contributed by atoms with E-state index < -0.39 is 5.97 Å². The first-order valence-corrected chi connectivity index (χ1v) is 4.65. The number of oxime groups is 1. The maximum atomic E-state index is 11.1. The van der Waals surface area contributed by atoms with Gasteiger partial charge in [0.2, 0.25) is 0 Å². The number of carbonyl (C=O) groups is 2. The summed E-state index contributed by atoms with van der Waals surface area (Å²) in [4.78, 5) is 26.2. The predicted molar refractivity (Wildman–Crippen MR) is 54.7 cm³/mol. The Balaban J connectivity index is 4.33. The average molecular weight is 299 g/mol. The molecular formula is C7H10INO4. The fourth-order valence-electron chi connectivity index (χ4n) is 0.598. The Morgan fingerprint density at radius 3 is 2.46 bits per heavy atom. The van der Waals surface area contributed by atoms with Crippen LogP contribution < -0.4 is 0 Å². The number of hydrogen-bond donors (Lipinski definition) is 0. The maximum absolute atomic E-state index is 11.1. The lowest BCUT2D eigenvalue weighted by atomic mass is 10.3. The molecule has 0 bridgehead atoms. The average Bonchev–Trinajstić information content (AvgIpc) is 2.03. The highest BCUT2D eigenvalue weighted by Crippen LogP contribution is 1.99. The third-order valence-electron chi connectivity index (χ3n) is 1.02. The molecule has 5 nitrogen and oxygen atoms in total. The summed E-state index contributed by atoms with van der Waals surface area (Å²) in [5, 5.41) is 3.40. The molecule has 0 atom stereocenters. The molecule has 0 aromatic carbocycles. The van der Waals surface area contributed by atoms with Crippen LogP contribution in [0.4, 0.5) is 0 Å². The van der Waals surface area contributed by atoms with E-state index in [-0.39, 0.29) is 22.5 Å². The number of nitrogens with zero attached hydrogens (tertiary/aromatic N) is 1. The zero-order valence-corrected chi connectivity index (χ0v) is 9.53. The van der Waals surface area contributed by atoms with Gasteiger partial charge in [0.25, 0.3) is 0 Å². The van der Waals surface area contributed by atoms with E-state index in [0.717, 1.165) is 0 Å². The Bertz CT molecular complexity index is 227. The summed E-state index contributed by atoms with van der Waals surface area (Å²) in [5.74, 6) is -0.616. The van der Waals surface area contributed by atoms with E-state index in [0.29, 0.717) is 0 Å². The van der Waals surface area contributed by atoms with Gasteiger partial charge in [0.05, 0.1) is 13.0 Å². The molecule has 0 aromatic heterocycles. The van der Waals surface area contributed by atoms with E-state index in [2.05, 4.69) is 14.7 Å². The molecule has 74 valence electrons. The summed E-state index contributed by atoms with van der Waals surface area (Å²) in [6, 6.07) is 0. The molecule has 0 aliphatic rings. The van der Waals surface area contributed by atoms with Crippen LogP contribution >= 0.6 is 22.6 Å². The first-order valence-electron chi connectivity index (χ1n) is 3.57. The summed E-state index contributed by atoms with van der Waals surface area (Å²) < 4.78 is 4.46. The normalized spacial score (nSPS) is 10.8. The Morgan fingerprint density at radius 2 is 2.08 bits per heavy atom. The van der Waals surface area contributed by atoms with E-state index in [1.54, 1.807) is 29.5 Å². The van der Waals surface area contributed by atoms with Crippen molar-refractivity contribution < 1.29 is 19.2 Å². The van der Waals surface area contributed by atoms with E-state index in [1.807, 2.05) is 0 Å². The Hall–Kier alpha value is -0.660. The second-order valence-corrected chi connectivity index (χ2v) is 3.18. The van der Waals surface area contributed by atoms with Crippen LogP contribution in [0.15, 0.2) is 5.16 Å². The molecule has 0 aliphatic carbocycles. The van der Waals surface area contributed by atoms with Crippen molar-refractivity contribution in [3.05, 3.63) is 0 Å². The second kappa shape index (κ2) is 6.81. The highest BCUT2D eigenvalue weighted by molar-refractivity contribution is 14.1. The van der Waals surface area contributed by atoms with Gasteiger partial charge in [-0.15, -0.1) is 0 Å². The molecule has 0 fully saturated rings. The Morgan fingerprint density at radius 1 is 1.46 bits per heavy atom. The SMILES string of the molecule is CCOC(=O)/C(CC(=O)I)=N\OC. The third kappa shape index (κ3) is 5.56. The highest BCUT2D eigenvalue weighted by atomic mass is 127. The van der Waals surface area contributed by atoms with Crippen molar-refractivity contribution in [2.75, 3.05) is 13.7 Å². The van der Waals surface area contributed by atoms with E-state index >= 15 is 0 Å². The van der Waals surface area contributed by atoms with Crippen LogP contribution in [0.1, 0.15) is 13.3 Å². The van der Waals surface area contributed by atoms with Gasteiger partial charge in [-0.1, -0.05) is 5.16 Å². The lowest BCUT2D eigenvalue weighted by molar-refractivity contribution is -0.135. The number of hydrogen-bond acceptors (Lipinski definition) is 5. The van der Waals surface area contributed by atoms with Crippen molar-refractivity contribution >= 4 is 38.1 Å². The monoisotopic (exact) mass is 299 g/mol. The topological polar surface area (TPSA) is 65.0 Å². The lowest BCUT2D eigenvalue weighted by Gasteiger charge is -2.01. The predicted octanol–water partition coefficient (Wildman–Crippen LogP) is 0.904. The lowest BCUT2D eigenvalue weighted by Crippen LogP contribution is -2.19. The first-order chi connectivity index (χ1) is 6.11.